The van der Waals surface area contributed by atoms with E-state index >= 15 is 0 Å². The van der Waals surface area contributed by atoms with Gasteiger partial charge in [0.25, 0.3) is 0 Å². The molecule has 0 amide bonds. The molecule has 1 saturated heterocycles. The summed E-state index contributed by atoms with van der Waals surface area (Å²) >= 11 is 1.87. The quantitative estimate of drug-likeness (QED) is 0.725. The molecule has 0 saturated carbocycles. The molecule has 1 N–H and O–H groups in total. The summed E-state index contributed by atoms with van der Waals surface area (Å²) in [5.74, 6) is 0.864. The molecule has 0 aliphatic carbocycles. The van der Waals surface area contributed by atoms with Crippen LogP contribution in [-0.4, -0.2) is 6.04 Å². The van der Waals surface area contributed by atoms with Gasteiger partial charge in [0.1, 0.15) is 0 Å². The van der Waals surface area contributed by atoms with E-state index in [2.05, 4.69) is 36.7 Å². The molecule has 72 valence electrons. The molecular weight excluding hydrogens is 178 g/mol. The third kappa shape index (κ3) is 2.12. The van der Waals surface area contributed by atoms with Gasteiger partial charge in [0.15, 0.2) is 0 Å². The maximum atomic E-state index is 3.66. The zero-order valence-electron chi connectivity index (χ0n) is 8.29. The lowest BCUT2D eigenvalue weighted by molar-refractivity contribution is 0.272. The number of thiophene rings is 1. The number of rotatable bonds is 1. The van der Waals surface area contributed by atoms with Crippen LogP contribution in [0.15, 0.2) is 17.5 Å². The van der Waals surface area contributed by atoms with Gasteiger partial charge in [0.2, 0.25) is 0 Å². The van der Waals surface area contributed by atoms with Crippen LogP contribution in [0.25, 0.3) is 0 Å². The third-order valence-electron chi connectivity index (χ3n) is 2.77. The van der Waals surface area contributed by atoms with Crippen LogP contribution in [0.3, 0.4) is 0 Å². The van der Waals surface area contributed by atoms with Crippen molar-refractivity contribution in [1.29, 1.82) is 0 Å². The summed E-state index contributed by atoms with van der Waals surface area (Å²) in [6.07, 6.45) is 2.62. The highest BCUT2D eigenvalue weighted by Crippen LogP contribution is 2.31. The first-order valence-electron chi connectivity index (χ1n) is 5.05. The highest BCUT2D eigenvalue weighted by atomic mass is 32.1. The van der Waals surface area contributed by atoms with E-state index in [1.54, 1.807) is 0 Å². The van der Waals surface area contributed by atoms with Gasteiger partial charge in [-0.3, -0.25) is 0 Å². The van der Waals surface area contributed by atoms with Gasteiger partial charge in [-0.2, -0.15) is 0 Å². The second-order valence-electron chi connectivity index (χ2n) is 4.21. The molecular formula is C11H17NS. The van der Waals surface area contributed by atoms with Crippen molar-refractivity contribution in [1.82, 2.24) is 5.32 Å². The molecule has 0 aromatic carbocycles. The molecule has 2 rings (SSSR count). The Bertz CT molecular complexity index is 245. The van der Waals surface area contributed by atoms with Crippen LogP contribution in [-0.2, 0) is 0 Å². The zero-order valence-corrected chi connectivity index (χ0v) is 9.10. The normalized spacial score (nSPS) is 34.8. The van der Waals surface area contributed by atoms with Crippen molar-refractivity contribution in [3.8, 4) is 0 Å². The first kappa shape index (κ1) is 9.22. The van der Waals surface area contributed by atoms with Crippen LogP contribution in [0.4, 0.5) is 0 Å². The average Bonchev–Trinajstić information content (AvgIpc) is 2.53. The monoisotopic (exact) mass is 195 g/mol. The highest BCUT2D eigenvalue weighted by Gasteiger charge is 2.24. The molecule has 0 bridgehead atoms. The van der Waals surface area contributed by atoms with Crippen LogP contribution in [0.5, 0.6) is 0 Å². The molecule has 1 aromatic heterocycles. The van der Waals surface area contributed by atoms with E-state index in [0.29, 0.717) is 12.1 Å². The molecule has 3 unspecified atom stereocenters. The predicted molar refractivity (Wildman–Crippen MR) is 58.1 cm³/mol. The second-order valence-corrected chi connectivity index (χ2v) is 5.19. The number of piperidine rings is 1. The van der Waals surface area contributed by atoms with Crippen LogP contribution in [0.1, 0.15) is 37.6 Å². The number of nitrogens with one attached hydrogen (secondary N) is 1. The Morgan fingerprint density at radius 3 is 2.85 bits per heavy atom. The van der Waals surface area contributed by atoms with E-state index in [4.69, 9.17) is 0 Å². The lowest BCUT2D eigenvalue weighted by atomic mass is 9.89. The van der Waals surface area contributed by atoms with Gasteiger partial charge in [0, 0.05) is 17.0 Å². The van der Waals surface area contributed by atoms with E-state index in [-0.39, 0.29) is 0 Å². The second kappa shape index (κ2) is 3.81. The Labute approximate surface area is 84.2 Å². The summed E-state index contributed by atoms with van der Waals surface area (Å²) in [4.78, 5) is 1.50. The smallest absolute Gasteiger partial charge is 0.0419 e. The van der Waals surface area contributed by atoms with Gasteiger partial charge in [-0.15, -0.1) is 11.3 Å². The lowest BCUT2D eigenvalue weighted by Crippen LogP contribution is -2.37. The molecule has 1 fully saturated rings. The minimum absolute atomic E-state index is 0.610. The van der Waals surface area contributed by atoms with Crippen molar-refractivity contribution in [3.05, 3.63) is 22.4 Å². The average molecular weight is 195 g/mol. The van der Waals surface area contributed by atoms with Gasteiger partial charge in [-0.05, 0) is 37.1 Å². The maximum Gasteiger partial charge on any atom is 0.0419 e. The molecule has 1 nitrogen and oxygen atoms in total. The minimum atomic E-state index is 0.610. The molecule has 0 radical (unpaired) electrons. The van der Waals surface area contributed by atoms with E-state index < -0.39 is 0 Å². The fourth-order valence-electron chi connectivity index (χ4n) is 2.27. The predicted octanol–water partition coefficient (Wildman–Crippen LogP) is 3.20. The Balaban J connectivity index is 2.07. The van der Waals surface area contributed by atoms with E-state index in [9.17, 15) is 0 Å². The van der Waals surface area contributed by atoms with Crippen molar-refractivity contribution in [3.63, 3.8) is 0 Å². The summed E-state index contributed by atoms with van der Waals surface area (Å²) in [6.45, 7) is 4.65. The Morgan fingerprint density at radius 2 is 2.23 bits per heavy atom. The van der Waals surface area contributed by atoms with Crippen LogP contribution in [0, 0.1) is 5.92 Å². The first-order valence-corrected chi connectivity index (χ1v) is 5.93. The first-order chi connectivity index (χ1) is 6.25. The van der Waals surface area contributed by atoms with Crippen molar-refractivity contribution >= 4 is 11.3 Å². The fraction of sp³-hybridized carbons (Fsp3) is 0.636. The topological polar surface area (TPSA) is 12.0 Å². The van der Waals surface area contributed by atoms with E-state index in [1.807, 2.05) is 11.3 Å². The van der Waals surface area contributed by atoms with Gasteiger partial charge in [-0.25, -0.2) is 0 Å². The summed E-state index contributed by atoms with van der Waals surface area (Å²) < 4.78 is 0. The minimum Gasteiger partial charge on any atom is -0.307 e. The molecule has 1 aliphatic heterocycles. The highest BCUT2D eigenvalue weighted by molar-refractivity contribution is 7.10. The van der Waals surface area contributed by atoms with Crippen molar-refractivity contribution in [2.24, 2.45) is 5.92 Å². The Morgan fingerprint density at radius 1 is 1.38 bits per heavy atom. The standard InChI is InChI=1S/C11H17NS/c1-8-6-9(2)12-10(7-8)11-4-3-5-13-11/h3-5,8-10,12H,6-7H2,1-2H3. The van der Waals surface area contributed by atoms with Gasteiger partial charge in [0.05, 0.1) is 0 Å². The Hall–Kier alpha value is -0.340. The van der Waals surface area contributed by atoms with Crippen LogP contribution >= 0.6 is 11.3 Å². The molecule has 2 heteroatoms. The van der Waals surface area contributed by atoms with E-state index in [1.165, 1.54) is 17.7 Å². The van der Waals surface area contributed by atoms with E-state index in [0.717, 1.165) is 5.92 Å². The molecule has 1 aliphatic rings. The summed E-state index contributed by atoms with van der Waals surface area (Å²) in [5, 5.41) is 5.83. The fourth-order valence-corrected chi connectivity index (χ4v) is 3.07. The molecule has 13 heavy (non-hydrogen) atoms. The summed E-state index contributed by atoms with van der Waals surface area (Å²) in [6, 6.07) is 5.67. The number of hydrogen-bond donors (Lipinski definition) is 1. The van der Waals surface area contributed by atoms with Crippen molar-refractivity contribution < 1.29 is 0 Å². The third-order valence-corrected chi connectivity index (χ3v) is 3.75. The van der Waals surface area contributed by atoms with Crippen LogP contribution < -0.4 is 5.32 Å². The molecule has 3 atom stereocenters. The lowest BCUT2D eigenvalue weighted by Gasteiger charge is -2.32. The maximum absolute atomic E-state index is 3.66. The number of hydrogen-bond acceptors (Lipinski definition) is 2. The van der Waals surface area contributed by atoms with Gasteiger partial charge < -0.3 is 5.32 Å². The largest absolute Gasteiger partial charge is 0.307 e. The Kier molecular flexibility index (Phi) is 2.70. The van der Waals surface area contributed by atoms with Crippen molar-refractivity contribution in [2.75, 3.05) is 0 Å². The molecule has 1 aromatic rings. The van der Waals surface area contributed by atoms with Crippen molar-refractivity contribution in [2.45, 2.75) is 38.8 Å². The van der Waals surface area contributed by atoms with Gasteiger partial charge in [-0.1, -0.05) is 13.0 Å². The molecule has 0 spiro atoms. The SMILES string of the molecule is CC1CC(C)NC(c2cccs2)C1. The molecule has 2 heterocycles. The van der Waals surface area contributed by atoms with Gasteiger partial charge >= 0.3 is 0 Å². The van der Waals surface area contributed by atoms with Crippen LogP contribution in [0.2, 0.25) is 0 Å². The summed E-state index contributed by atoms with van der Waals surface area (Å²) in [7, 11) is 0. The summed E-state index contributed by atoms with van der Waals surface area (Å²) in [5.41, 5.74) is 0. The zero-order chi connectivity index (χ0) is 9.26.